The summed E-state index contributed by atoms with van der Waals surface area (Å²) in [6.45, 7) is 2.60. The maximum Gasteiger partial charge on any atom is 0.243 e. The molecular formula is C16H22N2O4S. The maximum atomic E-state index is 12.4. The van der Waals surface area contributed by atoms with Gasteiger partial charge < -0.3 is 4.90 Å². The predicted octanol–water partition coefficient (Wildman–Crippen LogP) is 1.67. The Bertz CT molecular complexity index is 677. The molecule has 0 bridgehead atoms. The molecule has 6 nitrogen and oxygen atoms in total. The highest BCUT2D eigenvalue weighted by molar-refractivity contribution is 7.92. The zero-order chi connectivity index (χ0) is 17.0. The molecule has 1 heterocycles. The van der Waals surface area contributed by atoms with Crippen molar-refractivity contribution in [3.63, 3.8) is 0 Å². The average Bonchev–Trinajstić information content (AvgIpc) is 2.52. The number of hydrogen-bond acceptors (Lipinski definition) is 4. The lowest BCUT2D eigenvalue weighted by molar-refractivity contribution is -0.130. The van der Waals surface area contributed by atoms with Gasteiger partial charge in [0, 0.05) is 18.7 Å². The second-order valence-corrected chi connectivity index (χ2v) is 7.72. The fourth-order valence-electron chi connectivity index (χ4n) is 2.63. The molecule has 1 amide bonds. The number of hydrogen-bond donors (Lipinski definition) is 0. The van der Waals surface area contributed by atoms with Crippen molar-refractivity contribution in [2.24, 2.45) is 0 Å². The van der Waals surface area contributed by atoms with Crippen LogP contribution in [0.25, 0.3) is 0 Å². The summed E-state index contributed by atoms with van der Waals surface area (Å²) in [6, 6.07) is 6.25. The minimum Gasteiger partial charge on any atom is -0.341 e. The number of nitrogens with zero attached hydrogens (tertiary/aromatic N) is 2. The first-order valence-electron chi connectivity index (χ1n) is 7.65. The van der Waals surface area contributed by atoms with Crippen LogP contribution in [0.1, 0.15) is 36.5 Å². The van der Waals surface area contributed by atoms with Crippen LogP contribution in [0, 0.1) is 0 Å². The summed E-state index contributed by atoms with van der Waals surface area (Å²) in [6.07, 6.45) is 4.09. The van der Waals surface area contributed by atoms with E-state index in [9.17, 15) is 18.0 Å². The number of rotatable bonds is 5. The van der Waals surface area contributed by atoms with E-state index in [0.717, 1.165) is 29.8 Å². The van der Waals surface area contributed by atoms with Crippen LogP contribution >= 0.6 is 0 Å². The van der Waals surface area contributed by atoms with Gasteiger partial charge in [-0.3, -0.25) is 13.9 Å². The first kappa shape index (κ1) is 17.5. The van der Waals surface area contributed by atoms with Crippen LogP contribution < -0.4 is 4.31 Å². The summed E-state index contributed by atoms with van der Waals surface area (Å²) in [5, 5.41) is 0. The lowest BCUT2D eigenvalue weighted by Gasteiger charge is -2.30. The number of piperidine rings is 1. The maximum absolute atomic E-state index is 12.4. The highest BCUT2D eigenvalue weighted by Crippen LogP contribution is 2.19. The van der Waals surface area contributed by atoms with E-state index < -0.39 is 10.0 Å². The van der Waals surface area contributed by atoms with Gasteiger partial charge in [0.1, 0.15) is 6.54 Å². The summed E-state index contributed by atoms with van der Waals surface area (Å²) < 4.78 is 25.2. The summed E-state index contributed by atoms with van der Waals surface area (Å²) in [7, 11) is -3.58. The number of carbonyl (C=O) groups excluding carboxylic acids is 2. The molecule has 126 valence electrons. The number of ketones is 1. The molecule has 23 heavy (non-hydrogen) atoms. The SMILES string of the molecule is CC(=O)c1ccc(N(CC(=O)N2CCCCC2)S(C)(=O)=O)cc1. The third-order valence-corrected chi connectivity index (χ3v) is 5.09. The quantitative estimate of drug-likeness (QED) is 0.765. The average molecular weight is 338 g/mol. The fraction of sp³-hybridized carbons (Fsp3) is 0.500. The smallest absolute Gasteiger partial charge is 0.243 e. The molecule has 1 saturated heterocycles. The normalized spacial score (nSPS) is 15.3. The second kappa shape index (κ2) is 7.12. The summed E-state index contributed by atoms with van der Waals surface area (Å²) in [5.74, 6) is -0.280. The van der Waals surface area contributed by atoms with Gasteiger partial charge in [-0.1, -0.05) is 0 Å². The number of likely N-dealkylation sites (tertiary alicyclic amines) is 1. The fourth-order valence-corrected chi connectivity index (χ4v) is 3.48. The van der Waals surface area contributed by atoms with Crippen molar-refractivity contribution in [3.05, 3.63) is 29.8 Å². The standard InChI is InChI=1S/C16H22N2O4S/c1-13(19)14-6-8-15(9-7-14)18(23(2,21)22)12-16(20)17-10-4-3-5-11-17/h6-9H,3-5,10-12H2,1-2H3. The van der Waals surface area contributed by atoms with Crippen molar-refractivity contribution in [2.75, 3.05) is 30.2 Å². The number of sulfonamides is 1. The molecule has 1 fully saturated rings. The molecule has 0 unspecified atom stereocenters. The summed E-state index contributed by atoms with van der Waals surface area (Å²) >= 11 is 0. The lowest BCUT2D eigenvalue weighted by Crippen LogP contribution is -2.44. The van der Waals surface area contributed by atoms with Crippen LogP contribution in [0.5, 0.6) is 0 Å². The van der Waals surface area contributed by atoms with Gasteiger partial charge in [0.25, 0.3) is 0 Å². The molecule has 0 radical (unpaired) electrons. The van der Waals surface area contributed by atoms with Crippen LogP contribution in [-0.4, -0.2) is 50.9 Å². The van der Waals surface area contributed by atoms with E-state index >= 15 is 0 Å². The Labute approximate surface area is 137 Å². The molecule has 0 atom stereocenters. The molecule has 0 aliphatic carbocycles. The molecule has 1 aliphatic heterocycles. The lowest BCUT2D eigenvalue weighted by atomic mass is 10.1. The van der Waals surface area contributed by atoms with Gasteiger partial charge in [0.2, 0.25) is 15.9 Å². The van der Waals surface area contributed by atoms with E-state index in [-0.39, 0.29) is 18.2 Å². The Hall–Kier alpha value is -1.89. The molecule has 0 saturated carbocycles. The van der Waals surface area contributed by atoms with Gasteiger partial charge in [-0.05, 0) is 50.5 Å². The molecule has 1 aromatic carbocycles. The van der Waals surface area contributed by atoms with Gasteiger partial charge in [-0.15, -0.1) is 0 Å². The Morgan fingerprint density at radius 1 is 1.09 bits per heavy atom. The Morgan fingerprint density at radius 3 is 2.13 bits per heavy atom. The Kier molecular flexibility index (Phi) is 5.41. The van der Waals surface area contributed by atoms with Gasteiger partial charge >= 0.3 is 0 Å². The van der Waals surface area contributed by atoms with Crippen molar-refractivity contribution in [3.8, 4) is 0 Å². The molecule has 1 aliphatic rings. The van der Waals surface area contributed by atoms with Crippen LogP contribution in [0.4, 0.5) is 5.69 Å². The molecule has 2 rings (SSSR count). The molecule has 0 spiro atoms. The molecular weight excluding hydrogens is 316 g/mol. The van der Waals surface area contributed by atoms with Gasteiger partial charge in [0.15, 0.2) is 5.78 Å². The monoisotopic (exact) mass is 338 g/mol. The second-order valence-electron chi connectivity index (χ2n) is 5.81. The van der Waals surface area contributed by atoms with Crippen molar-refractivity contribution < 1.29 is 18.0 Å². The third kappa shape index (κ3) is 4.54. The molecule has 1 aromatic rings. The van der Waals surface area contributed by atoms with E-state index in [2.05, 4.69) is 0 Å². The van der Waals surface area contributed by atoms with Crippen LogP contribution in [-0.2, 0) is 14.8 Å². The minimum atomic E-state index is -3.58. The molecule has 0 N–H and O–H groups in total. The van der Waals surface area contributed by atoms with Gasteiger partial charge in [0.05, 0.1) is 11.9 Å². The molecule has 7 heteroatoms. The summed E-state index contributed by atoms with van der Waals surface area (Å²) in [4.78, 5) is 25.4. The van der Waals surface area contributed by atoms with Gasteiger partial charge in [-0.2, -0.15) is 0 Å². The number of Topliss-reactive ketones (excluding diaryl/α,β-unsaturated/α-hetero) is 1. The van der Waals surface area contributed by atoms with E-state index in [1.54, 1.807) is 29.2 Å². The highest BCUT2D eigenvalue weighted by atomic mass is 32.2. The van der Waals surface area contributed by atoms with Crippen LogP contribution in [0.2, 0.25) is 0 Å². The zero-order valence-corrected chi connectivity index (χ0v) is 14.3. The number of amides is 1. The number of anilines is 1. The first-order valence-corrected chi connectivity index (χ1v) is 9.50. The third-order valence-electron chi connectivity index (χ3n) is 3.95. The van der Waals surface area contributed by atoms with Gasteiger partial charge in [-0.25, -0.2) is 8.42 Å². The van der Waals surface area contributed by atoms with E-state index in [0.29, 0.717) is 24.3 Å². The van der Waals surface area contributed by atoms with Crippen LogP contribution in [0.3, 0.4) is 0 Å². The van der Waals surface area contributed by atoms with Crippen molar-refractivity contribution in [1.29, 1.82) is 0 Å². The van der Waals surface area contributed by atoms with E-state index in [4.69, 9.17) is 0 Å². The van der Waals surface area contributed by atoms with Crippen molar-refractivity contribution in [1.82, 2.24) is 4.90 Å². The predicted molar refractivity (Wildman–Crippen MR) is 89.1 cm³/mol. The van der Waals surface area contributed by atoms with Crippen LogP contribution in [0.15, 0.2) is 24.3 Å². The van der Waals surface area contributed by atoms with Crippen molar-refractivity contribution >= 4 is 27.4 Å². The number of carbonyl (C=O) groups is 2. The topological polar surface area (TPSA) is 74.8 Å². The first-order chi connectivity index (χ1) is 10.8. The zero-order valence-electron chi connectivity index (χ0n) is 13.5. The molecule has 0 aromatic heterocycles. The Balaban J connectivity index is 2.20. The highest BCUT2D eigenvalue weighted by Gasteiger charge is 2.24. The Morgan fingerprint density at radius 2 is 1.65 bits per heavy atom. The minimum absolute atomic E-state index is 0.0909. The largest absolute Gasteiger partial charge is 0.341 e. The van der Waals surface area contributed by atoms with E-state index in [1.165, 1.54) is 6.92 Å². The summed E-state index contributed by atoms with van der Waals surface area (Å²) in [5.41, 5.74) is 0.896. The van der Waals surface area contributed by atoms with E-state index in [1.807, 2.05) is 0 Å². The number of benzene rings is 1. The van der Waals surface area contributed by atoms with Crippen molar-refractivity contribution in [2.45, 2.75) is 26.2 Å².